The number of carboxylic acid groups (broad SMARTS) is 1. The fourth-order valence-corrected chi connectivity index (χ4v) is 4.65. The normalized spacial score (nSPS) is 22.6. The smallest absolute Gasteiger partial charge is 0.353 e. The zero-order valence-electron chi connectivity index (χ0n) is 13.2. The number of β-lactam (4-membered cyclic amide) rings is 1. The van der Waals surface area contributed by atoms with Gasteiger partial charge >= 0.3 is 5.97 Å². The van der Waals surface area contributed by atoms with Crippen LogP contribution in [0.1, 0.15) is 4.88 Å². The van der Waals surface area contributed by atoms with E-state index >= 15 is 0 Å². The van der Waals surface area contributed by atoms with E-state index in [1.807, 2.05) is 17.5 Å². The number of carbonyl (C=O) groups is 3. The predicted octanol–water partition coefficient (Wildman–Crippen LogP) is 0.661. The average Bonchev–Trinajstić information content (AvgIpc) is 3.09. The number of thioether (sulfide) groups is 1. The Morgan fingerprint density at radius 1 is 1.56 bits per heavy atom. The Morgan fingerprint density at radius 3 is 3.00 bits per heavy atom. The Labute approximate surface area is 151 Å². The molecular weight excluding hydrogens is 366 g/mol. The van der Waals surface area contributed by atoms with Gasteiger partial charge in [-0.05, 0) is 11.4 Å². The summed E-state index contributed by atoms with van der Waals surface area (Å²) in [4.78, 5) is 42.7. The Bertz CT molecular complexity index is 759. The SMILES string of the molecule is CON=CC1=C(C(=O)O)N2C(=O)[C@@H](NC(=O)Cc3cccs3)[C@@H]2SC1. The molecular formula is C15H15N3O5S2. The highest BCUT2D eigenvalue weighted by atomic mass is 32.2. The van der Waals surface area contributed by atoms with Crippen LogP contribution >= 0.6 is 23.1 Å². The maximum absolute atomic E-state index is 12.4. The molecule has 2 atom stereocenters. The molecule has 1 saturated heterocycles. The molecule has 2 N–H and O–H groups in total. The van der Waals surface area contributed by atoms with Gasteiger partial charge < -0.3 is 15.3 Å². The number of nitrogens with one attached hydrogen (secondary N) is 1. The molecule has 2 aliphatic rings. The van der Waals surface area contributed by atoms with Gasteiger partial charge in [0, 0.05) is 16.2 Å². The second kappa shape index (κ2) is 7.28. The zero-order chi connectivity index (χ0) is 18.0. The number of amides is 2. The summed E-state index contributed by atoms with van der Waals surface area (Å²) in [6.07, 6.45) is 1.49. The summed E-state index contributed by atoms with van der Waals surface area (Å²) in [5.74, 6) is -1.54. The van der Waals surface area contributed by atoms with Crippen molar-refractivity contribution < 1.29 is 24.3 Å². The minimum absolute atomic E-state index is 0.113. The quantitative estimate of drug-likeness (QED) is 0.426. The molecule has 0 saturated carbocycles. The van der Waals surface area contributed by atoms with Gasteiger partial charge in [0.1, 0.15) is 24.2 Å². The third-order valence-corrected chi connectivity index (χ3v) is 5.92. The highest BCUT2D eigenvalue weighted by Gasteiger charge is 2.54. The standard InChI is InChI=1S/C15H15N3O5S2/c1-23-16-6-8-7-25-14-11(13(20)18(14)12(8)15(21)22)17-10(19)5-9-3-2-4-24-9/h2-4,6,11,14H,5,7H2,1H3,(H,17,19)(H,21,22)/t11-,14+/m1/s1. The van der Waals surface area contributed by atoms with Gasteiger partial charge in [0.15, 0.2) is 0 Å². The molecule has 0 radical (unpaired) electrons. The molecule has 10 heteroatoms. The van der Waals surface area contributed by atoms with Crippen LogP contribution in [0.3, 0.4) is 0 Å². The molecule has 1 aromatic rings. The van der Waals surface area contributed by atoms with Gasteiger partial charge in [-0.25, -0.2) is 4.79 Å². The number of carboxylic acids is 1. The summed E-state index contributed by atoms with van der Waals surface area (Å²) in [6, 6.07) is 2.99. The molecule has 0 aliphatic carbocycles. The molecule has 1 aromatic heterocycles. The summed E-state index contributed by atoms with van der Waals surface area (Å²) in [7, 11) is 1.35. The highest BCUT2D eigenvalue weighted by Crippen LogP contribution is 2.39. The van der Waals surface area contributed by atoms with Gasteiger partial charge in [-0.15, -0.1) is 23.1 Å². The third-order valence-electron chi connectivity index (χ3n) is 3.75. The van der Waals surface area contributed by atoms with Crippen molar-refractivity contribution >= 4 is 47.1 Å². The molecule has 3 rings (SSSR count). The summed E-state index contributed by atoms with van der Waals surface area (Å²) < 4.78 is 0. The molecule has 0 spiro atoms. The number of fused-ring (bicyclic) bond motifs is 1. The molecule has 3 heterocycles. The van der Waals surface area contributed by atoms with E-state index in [0.717, 1.165) is 4.88 Å². The van der Waals surface area contributed by atoms with E-state index < -0.39 is 23.3 Å². The van der Waals surface area contributed by atoms with Crippen LogP contribution in [-0.2, 0) is 25.6 Å². The van der Waals surface area contributed by atoms with Crippen LogP contribution in [0.25, 0.3) is 0 Å². The highest BCUT2D eigenvalue weighted by molar-refractivity contribution is 8.00. The fraction of sp³-hybridized carbons (Fsp3) is 0.333. The van der Waals surface area contributed by atoms with E-state index in [1.165, 1.54) is 41.3 Å². The summed E-state index contributed by atoms with van der Waals surface area (Å²) in [5, 5.41) is 17.2. The van der Waals surface area contributed by atoms with Crippen LogP contribution in [0.2, 0.25) is 0 Å². The van der Waals surface area contributed by atoms with Gasteiger partial charge in [0.2, 0.25) is 5.91 Å². The van der Waals surface area contributed by atoms with Crippen molar-refractivity contribution in [2.75, 3.05) is 12.9 Å². The number of carbonyl (C=O) groups excluding carboxylic acids is 2. The third kappa shape index (κ3) is 3.40. The lowest BCUT2D eigenvalue weighted by Crippen LogP contribution is -2.70. The van der Waals surface area contributed by atoms with Crippen molar-refractivity contribution in [1.82, 2.24) is 10.2 Å². The molecule has 2 aliphatic heterocycles. The van der Waals surface area contributed by atoms with Crippen LogP contribution in [0.5, 0.6) is 0 Å². The topological polar surface area (TPSA) is 108 Å². The molecule has 25 heavy (non-hydrogen) atoms. The molecule has 132 valence electrons. The van der Waals surface area contributed by atoms with Crippen molar-refractivity contribution in [3.8, 4) is 0 Å². The van der Waals surface area contributed by atoms with Gasteiger partial charge in [-0.3, -0.25) is 14.5 Å². The maximum Gasteiger partial charge on any atom is 0.353 e. The lowest BCUT2D eigenvalue weighted by Gasteiger charge is -2.49. The van der Waals surface area contributed by atoms with Gasteiger partial charge in [-0.1, -0.05) is 11.2 Å². The Hall–Kier alpha value is -2.33. The first-order chi connectivity index (χ1) is 12.0. The van der Waals surface area contributed by atoms with E-state index in [-0.39, 0.29) is 18.0 Å². The molecule has 2 amide bonds. The van der Waals surface area contributed by atoms with E-state index in [0.29, 0.717) is 11.3 Å². The fourth-order valence-electron chi connectivity index (χ4n) is 2.65. The Balaban J connectivity index is 1.72. The van der Waals surface area contributed by atoms with Crippen LogP contribution < -0.4 is 5.32 Å². The number of nitrogens with zero attached hydrogens (tertiary/aromatic N) is 2. The first-order valence-electron chi connectivity index (χ1n) is 7.32. The lowest BCUT2D eigenvalue weighted by atomic mass is 10.0. The second-order valence-electron chi connectivity index (χ2n) is 5.31. The largest absolute Gasteiger partial charge is 0.477 e. The zero-order valence-corrected chi connectivity index (χ0v) is 14.8. The summed E-state index contributed by atoms with van der Waals surface area (Å²) in [6.45, 7) is 0. The van der Waals surface area contributed by atoms with Crippen molar-refractivity contribution in [2.24, 2.45) is 5.16 Å². The number of oxime groups is 1. The van der Waals surface area contributed by atoms with Crippen molar-refractivity contribution in [2.45, 2.75) is 17.8 Å². The molecule has 8 nitrogen and oxygen atoms in total. The van der Waals surface area contributed by atoms with Crippen LogP contribution in [0.15, 0.2) is 33.9 Å². The van der Waals surface area contributed by atoms with Gasteiger partial charge in [0.05, 0.1) is 12.6 Å². The first-order valence-corrected chi connectivity index (χ1v) is 9.25. The van der Waals surface area contributed by atoms with Crippen LogP contribution in [0, 0.1) is 0 Å². The van der Waals surface area contributed by atoms with Crippen molar-refractivity contribution in [1.29, 1.82) is 0 Å². The molecule has 0 unspecified atom stereocenters. The van der Waals surface area contributed by atoms with Crippen LogP contribution in [0.4, 0.5) is 0 Å². The number of rotatable bonds is 6. The van der Waals surface area contributed by atoms with E-state index in [4.69, 9.17) is 0 Å². The van der Waals surface area contributed by atoms with Crippen molar-refractivity contribution in [3.63, 3.8) is 0 Å². The second-order valence-corrected chi connectivity index (χ2v) is 7.44. The Kier molecular flexibility index (Phi) is 5.09. The van der Waals surface area contributed by atoms with E-state index in [2.05, 4.69) is 15.3 Å². The number of aliphatic carboxylic acids is 1. The minimum Gasteiger partial charge on any atom is -0.477 e. The molecule has 0 bridgehead atoms. The maximum atomic E-state index is 12.4. The lowest BCUT2D eigenvalue weighted by molar-refractivity contribution is -0.150. The monoisotopic (exact) mass is 381 g/mol. The van der Waals surface area contributed by atoms with Gasteiger partial charge in [0.25, 0.3) is 5.91 Å². The Morgan fingerprint density at radius 2 is 2.36 bits per heavy atom. The summed E-state index contributed by atoms with van der Waals surface area (Å²) in [5.41, 5.74) is 0.283. The molecule has 1 fully saturated rings. The van der Waals surface area contributed by atoms with E-state index in [1.54, 1.807) is 0 Å². The molecule has 0 aromatic carbocycles. The van der Waals surface area contributed by atoms with Crippen molar-refractivity contribution in [3.05, 3.63) is 33.7 Å². The first kappa shape index (κ1) is 17.5. The number of thiophene rings is 1. The summed E-state index contributed by atoms with van der Waals surface area (Å²) >= 11 is 2.85. The van der Waals surface area contributed by atoms with Crippen LogP contribution in [-0.4, -0.2) is 58.3 Å². The average molecular weight is 381 g/mol. The number of hydrogen-bond donors (Lipinski definition) is 2. The predicted molar refractivity (Wildman–Crippen MR) is 93.2 cm³/mol. The van der Waals surface area contributed by atoms with E-state index in [9.17, 15) is 19.5 Å². The van der Waals surface area contributed by atoms with Gasteiger partial charge in [-0.2, -0.15) is 0 Å². The number of hydrogen-bond acceptors (Lipinski definition) is 7. The minimum atomic E-state index is -1.21.